The maximum Gasteiger partial charge on any atom is 0.131 e. The lowest BCUT2D eigenvalue weighted by Crippen LogP contribution is -1.93. The Balaban J connectivity index is 2.58. The zero-order valence-corrected chi connectivity index (χ0v) is 8.03. The number of nitrogens with zero attached hydrogens (tertiary/aromatic N) is 1. The molecule has 0 amide bonds. The van der Waals surface area contributed by atoms with Gasteiger partial charge in [-0.15, -0.1) is 0 Å². The van der Waals surface area contributed by atoms with Gasteiger partial charge in [-0.25, -0.2) is 4.98 Å². The third kappa shape index (κ3) is 1.54. The molecule has 1 aromatic carbocycles. The molecule has 0 radical (unpaired) electrons. The molecule has 0 aliphatic carbocycles. The Morgan fingerprint density at radius 3 is 3.00 bits per heavy atom. The molecule has 2 aromatic rings. The zero-order chi connectivity index (χ0) is 9.97. The molecule has 1 heterocycles. The first-order chi connectivity index (χ1) is 6.81. The van der Waals surface area contributed by atoms with Gasteiger partial charge in [0.25, 0.3) is 0 Å². The van der Waals surface area contributed by atoms with Crippen LogP contribution in [0.15, 0.2) is 30.5 Å². The zero-order valence-electron chi connectivity index (χ0n) is 8.03. The molecule has 2 N–H and O–H groups in total. The van der Waals surface area contributed by atoms with Crippen molar-refractivity contribution >= 4 is 16.6 Å². The molecular weight excluding hydrogens is 176 g/mol. The smallest absolute Gasteiger partial charge is 0.131 e. The predicted molar refractivity (Wildman–Crippen MR) is 56.9 cm³/mol. The molecule has 3 nitrogen and oxygen atoms in total. The normalized spacial score (nSPS) is 10.6. The summed E-state index contributed by atoms with van der Waals surface area (Å²) < 4.78 is 5.06. The summed E-state index contributed by atoms with van der Waals surface area (Å²) in [5.74, 6) is 0.570. The fourth-order valence-corrected chi connectivity index (χ4v) is 1.49. The molecule has 0 fully saturated rings. The van der Waals surface area contributed by atoms with E-state index in [0.717, 1.165) is 16.3 Å². The highest BCUT2D eigenvalue weighted by atomic mass is 16.5. The number of nitrogen functional groups attached to an aromatic ring is 1. The summed E-state index contributed by atoms with van der Waals surface area (Å²) in [6.07, 6.45) is 1.72. The number of aromatic nitrogens is 1. The van der Waals surface area contributed by atoms with Gasteiger partial charge in [-0.3, -0.25) is 0 Å². The number of hydrogen-bond acceptors (Lipinski definition) is 3. The molecule has 1 aromatic heterocycles. The Kier molecular flexibility index (Phi) is 2.33. The molecule has 0 aliphatic rings. The number of pyridine rings is 1. The number of anilines is 1. The number of rotatable bonds is 2. The second-order valence-electron chi connectivity index (χ2n) is 3.18. The lowest BCUT2D eigenvalue weighted by molar-refractivity contribution is 0.185. The Morgan fingerprint density at radius 2 is 2.21 bits per heavy atom. The molecule has 0 saturated heterocycles. The fraction of sp³-hybridized carbons (Fsp3) is 0.182. The largest absolute Gasteiger partial charge is 0.383 e. The summed E-state index contributed by atoms with van der Waals surface area (Å²) in [6, 6.07) is 8.02. The van der Waals surface area contributed by atoms with E-state index in [4.69, 9.17) is 10.5 Å². The number of hydrogen-bond donors (Lipinski definition) is 1. The van der Waals surface area contributed by atoms with Crippen molar-refractivity contribution in [3.8, 4) is 0 Å². The van der Waals surface area contributed by atoms with Crippen LogP contribution in [0, 0.1) is 0 Å². The van der Waals surface area contributed by atoms with Crippen molar-refractivity contribution in [2.75, 3.05) is 12.8 Å². The number of methoxy groups -OCH3 is 1. The predicted octanol–water partition coefficient (Wildman–Crippen LogP) is 1.96. The van der Waals surface area contributed by atoms with Crippen molar-refractivity contribution in [1.29, 1.82) is 0 Å². The maximum atomic E-state index is 5.77. The van der Waals surface area contributed by atoms with Gasteiger partial charge in [0.15, 0.2) is 0 Å². The minimum Gasteiger partial charge on any atom is -0.383 e. The summed E-state index contributed by atoms with van der Waals surface area (Å²) in [7, 11) is 1.68. The number of fused-ring (bicyclic) bond motifs is 1. The SMILES string of the molecule is COCc1ccc2ccnc(N)c2c1. The highest BCUT2D eigenvalue weighted by Gasteiger charge is 1.99. The third-order valence-corrected chi connectivity index (χ3v) is 2.17. The van der Waals surface area contributed by atoms with Crippen molar-refractivity contribution in [3.63, 3.8) is 0 Å². The number of nitrogens with two attached hydrogens (primary N) is 1. The van der Waals surface area contributed by atoms with Crippen molar-refractivity contribution in [2.45, 2.75) is 6.61 Å². The van der Waals surface area contributed by atoms with Crippen LogP contribution in [0.5, 0.6) is 0 Å². The van der Waals surface area contributed by atoms with E-state index >= 15 is 0 Å². The van der Waals surface area contributed by atoms with Crippen LogP contribution in [-0.4, -0.2) is 12.1 Å². The van der Waals surface area contributed by atoms with E-state index in [2.05, 4.69) is 4.98 Å². The standard InChI is InChI=1S/C11H12N2O/c1-14-7-8-2-3-9-4-5-13-11(12)10(9)6-8/h2-6H,7H2,1H3,(H2,12,13). The van der Waals surface area contributed by atoms with Gasteiger partial charge in [0.2, 0.25) is 0 Å². The van der Waals surface area contributed by atoms with E-state index < -0.39 is 0 Å². The monoisotopic (exact) mass is 188 g/mol. The second-order valence-corrected chi connectivity index (χ2v) is 3.18. The molecule has 0 atom stereocenters. The van der Waals surface area contributed by atoms with Gasteiger partial charge in [0.05, 0.1) is 6.61 Å². The molecule has 0 spiro atoms. The highest BCUT2D eigenvalue weighted by molar-refractivity contribution is 5.91. The summed E-state index contributed by atoms with van der Waals surface area (Å²) in [6.45, 7) is 0.601. The average Bonchev–Trinajstić information content (AvgIpc) is 2.20. The third-order valence-electron chi connectivity index (χ3n) is 2.17. The van der Waals surface area contributed by atoms with Gasteiger partial charge in [0, 0.05) is 18.7 Å². The molecule has 0 saturated carbocycles. The van der Waals surface area contributed by atoms with Crippen molar-refractivity contribution < 1.29 is 4.74 Å². The molecular formula is C11H12N2O. The summed E-state index contributed by atoms with van der Waals surface area (Å²) >= 11 is 0. The van der Waals surface area contributed by atoms with Gasteiger partial charge >= 0.3 is 0 Å². The van der Waals surface area contributed by atoms with E-state index in [1.165, 1.54) is 0 Å². The average molecular weight is 188 g/mol. The van der Waals surface area contributed by atoms with Crippen molar-refractivity contribution in [2.24, 2.45) is 0 Å². The van der Waals surface area contributed by atoms with E-state index in [1.54, 1.807) is 13.3 Å². The summed E-state index contributed by atoms with van der Waals surface area (Å²) in [5.41, 5.74) is 6.88. The van der Waals surface area contributed by atoms with Crippen LogP contribution < -0.4 is 5.73 Å². The minimum atomic E-state index is 0.570. The van der Waals surface area contributed by atoms with Gasteiger partial charge in [0.1, 0.15) is 5.82 Å². The number of ether oxygens (including phenoxy) is 1. The molecule has 3 heteroatoms. The molecule has 0 bridgehead atoms. The van der Waals surface area contributed by atoms with Crippen LogP contribution in [0.1, 0.15) is 5.56 Å². The van der Waals surface area contributed by atoms with Gasteiger partial charge in [-0.1, -0.05) is 12.1 Å². The first kappa shape index (κ1) is 8.97. The van der Waals surface area contributed by atoms with E-state index in [1.807, 2.05) is 24.3 Å². The molecule has 0 aliphatic heterocycles. The molecule has 2 rings (SSSR count). The Hall–Kier alpha value is -1.61. The fourth-order valence-electron chi connectivity index (χ4n) is 1.49. The van der Waals surface area contributed by atoms with Crippen LogP contribution in [0.25, 0.3) is 10.8 Å². The van der Waals surface area contributed by atoms with Crippen LogP contribution in [0.2, 0.25) is 0 Å². The maximum absolute atomic E-state index is 5.77. The second kappa shape index (κ2) is 3.64. The van der Waals surface area contributed by atoms with E-state index in [9.17, 15) is 0 Å². The van der Waals surface area contributed by atoms with E-state index in [0.29, 0.717) is 12.4 Å². The van der Waals surface area contributed by atoms with Crippen LogP contribution in [-0.2, 0) is 11.3 Å². The lowest BCUT2D eigenvalue weighted by Gasteiger charge is -2.04. The summed E-state index contributed by atoms with van der Waals surface area (Å²) in [4.78, 5) is 4.05. The Bertz CT molecular complexity index is 454. The lowest BCUT2D eigenvalue weighted by atomic mass is 10.1. The highest BCUT2D eigenvalue weighted by Crippen LogP contribution is 2.20. The van der Waals surface area contributed by atoms with Gasteiger partial charge in [-0.2, -0.15) is 0 Å². The first-order valence-electron chi connectivity index (χ1n) is 4.43. The van der Waals surface area contributed by atoms with Gasteiger partial charge < -0.3 is 10.5 Å². The minimum absolute atomic E-state index is 0.570. The Labute approximate surface area is 82.5 Å². The molecule has 14 heavy (non-hydrogen) atoms. The topological polar surface area (TPSA) is 48.1 Å². The van der Waals surface area contributed by atoms with E-state index in [-0.39, 0.29) is 0 Å². The van der Waals surface area contributed by atoms with Crippen LogP contribution in [0.4, 0.5) is 5.82 Å². The van der Waals surface area contributed by atoms with Gasteiger partial charge in [-0.05, 0) is 23.1 Å². The van der Waals surface area contributed by atoms with Crippen molar-refractivity contribution in [3.05, 3.63) is 36.0 Å². The van der Waals surface area contributed by atoms with Crippen molar-refractivity contribution in [1.82, 2.24) is 4.98 Å². The number of benzene rings is 1. The summed E-state index contributed by atoms with van der Waals surface area (Å²) in [5, 5.41) is 2.10. The van der Waals surface area contributed by atoms with Crippen LogP contribution in [0.3, 0.4) is 0 Å². The molecule has 0 unspecified atom stereocenters. The molecule has 72 valence electrons. The van der Waals surface area contributed by atoms with Crippen LogP contribution >= 0.6 is 0 Å². The quantitative estimate of drug-likeness (QED) is 0.783. The Morgan fingerprint density at radius 1 is 1.36 bits per heavy atom. The first-order valence-corrected chi connectivity index (χ1v) is 4.43.